The minimum Gasteiger partial charge on any atom is -0.361 e. The molecule has 0 saturated heterocycles. The largest absolute Gasteiger partial charge is 0.361 e. The van der Waals surface area contributed by atoms with Crippen LogP contribution in [0.3, 0.4) is 0 Å². The summed E-state index contributed by atoms with van der Waals surface area (Å²) in [5, 5.41) is 1.45. The number of benzene rings is 1. The first-order valence-corrected chi connectivity index (χ1v) is 6.86. The molecule has 1 saturated carbocycles. The Hall–Kier alpha value is -1.24. The van der Waals surface area contributed by atoms with Crippen molar-refractivity contribution in [3.63, 3.8) is 0 Å². The zero-order valence-corrected chi connectivity index (χ0v) is 10.8. The van der Waals surface area contributed by atoms with Gasteiger partial charge >= 0.3 is 0 Å². The molecule has 1 heterocycles. The fourth-order valence-electron chi connectivity index (χ4n) is 3.10. The van der Waals surface area contributed by atoms with Gasteiger partial charge in [0, 0.05) is 17.1 Å². The summed E-state index contributed by atoms with van der Waals surface area (Å²) < 4.78 is 0. The van der Waals surface area contributed by atoms with E-state index in [0.29, 0.717) is 5.92 Å². The molecule has 1 N–H and O–H groups in total. The van der Waals surface area contributed by atoms with Gasteiger partial charge in [0.05, 0.1) is 0 Å². The fourth-order valence-corrected chi connectivity index (χ4v) is 3.10. The van der Waals surface area contributed by atoms with Crippen LogP contribution in [0.5, 0.6) is 0 Å². The van der Waals surface area contributed by atoms with E-state index in [1.807, 2.05) is 0 Å². The van der Waals surface area contributed by atoms with E-state index in [2.05, 4.69) is 43.2 Å². The topological polar surface area (TPSA) is 15.8 Å². The Bertz CT molecular complexity index is 515. The van der Waals surface area contributed by atoms with Gasteiger partial charge in [0.1, 0.15) is 0 Å². The minimum absolute atomic E-state index is 0.609. The van der Waals surface area contributed by atoms with Gasteiger partial charge in [-0.05, 0) is 41.9 Å². The SMILES string of the molecule is CC(C)c1ccc2c(C3CCCC3)c[nH]c2c1. The van der Waals surface area contributed by atoms with Crippen molar-refractivity contribution >= 4 is 10.9 Å². The van der Waals surface area contributed by atoms with Gasteiger partial charge in [-0.15, -0.1) is 0 Å². The van der Waals surface area contributed by atoms with E-state index in [9.17, 15) is 0 Å². The van der Waals surface area contributed by atoms with Crippen molar-refractivity contribution in [3.05, 3.63) is 35.5 Å². The third-order valence-electron chi connectivity index (χ3n) is 4.20. The van der Waals surface area contributed by atoms with Crippen LogP contribution in [0.2, 0.25) is 0 Å². The van der Waals surface area contributed by atoms with Crippen molar-refractivity contribution in [1.29, 1.82) is 0 Å². The van der Waals surface area contributed by atoms with Gasteiger partial charge in [-0.3, -0.25) is 0 Å². The highest BCUT2D eigenvalue weighted by atomic mass is 14.7. The molecule has 1 heteroatoms. The van der Waals surface area contributed by atoms with Crippen LogP contribution < -0.4 is 0 Å². The molecule has 0 unspecified atom stereocenters. The zero-order valence-electron chi connectivity index (χ0n) is 10.8. The Morgan fingerprint density at radius 2 is 1.94 bits per heavy atom. The molecule has 90 valence electrons. The van der Waals surface area contributed by atoms with E-state index in [-0.39, 0.29) is 0 Å². The third kappa shape index (κ3) is 1.88. The van der Waals surface area contributed by atoms with Gasteiger partial charge in [-0.1, -0.05) is 38.8 Å². The van der Waals surface area contributed by atoms with Crippen LogP contribution in [-0.4, -0.2) is 4.98 Å². The van der Waals surface area contributed by atoms with Gasteiger partial charge in [0.2, 0.25) is 0 Å². The van der Waals surface area contributed by atoms with Crippen LogP contribution in [-0.2, 0) is 0 Å². The average Bonchev–Trinajstić information content (AvgIpc) is 2.96. The maximum atomic E-state index is 3.46. The smallest absolute Gasteiger partial charge is 0.0459 e. The molecule has 0 spiro atoms. The van der Waals surface area contributed by atoms with Crippen molar-refractivity contribution in [2.24, 2.45) is 0 Å². The normalized spacial score (nSPS) is 17.4. The second-order valence-electron chi connectivity index (χ2n) is 5.69. The number of aromatic nitrogens is 1. The number of hydrogen-bond donors (Lipinski definition) is 1. The lowest BCUT2D eigenvalue weighted by Gasteiger charge is -2.08. The number of H-pyrrole nitrogens is 1. The van der Waals surface area contributed by atoms with Crippen LogP contribution in [0.15, 0.2) is 24.4 Å². The molecule has 1 aliphatic carbocycles. The van der Waals surface area contributed by atoms with Crippen molar-refractivity contribution < 1.29 is 0 Å². The number of rotatable bonds is 2. The third-order valence-corrected chi connectivity index (χ3v) is 4.20. The summed E-state index contributed by atoms with van der Waals surface area (Å²) in [6.07, 6.45) is 7.80. The molecule has 1 aliphatic rings. The molecule has 0 amide bonds. The standard InChI is InChI=1S/C16H21N/c1-11(2)13-7-8-14-15(10-17-16(14)9-13)12-5-3-4-6-12/h7-12,17H,3-6H2,1-2H3. The zero-order chi connectivity index (χ0) is 11.8. The van der Waals surface area contributed by atoms with Gasteiger partial charge in [-0.2, -0.15) is 0 Å². The summed E-state index contributed by atoms with van der Waals surface area (Å²) >= 11 is 0. The van der Waals surface area contributed by atoms with E-state index in [4.69, 9.17) is 0 Å². The minimum atomic E-state index is 0.609. The summed E-state index contributed by atoms with van der Waals surface area (Å²) in [7, 11) is 0. The average molecular weight is 227 g/mol. The molecule has 0 bridgehead atoms. The van der Waals surface area contributed by atoms with Crippen molar-refractivity contribution in [2.75, 3.05) is 0 Å². The van der Waals surface area contributed by atoms with Gasteiger partial charge in [0.15, 0.2) is 0 Å². The van der Waals surface area contributed by atoms with E-state index in [1.165, 1.54) is 42.1 Å². The molecular formula is C16H21N. The Labute approximate surface area is 103 Å². The van der Waals surface area contributed by atoms with E-state index in [0.717, 1.165) is 5.92 Å². The molecule has 1 aromatic heterocycles. The predicted molar refractivity (Wildman–Crippen MR) is 73.6 cm³/mol. The number of aromatic amines is 1. The Balaban J connectivity index is 2.04. The quantitative estimate of drug-likeness (QED) is 0.747. The van der Waals surface area contributed by atoms with Crippen molar-refractivity contribution in [2.45, 2.75) is 51.4 Å². The Kier molecular flexibility index (Phi) is 2.70. The van der Waals surface area contributed by atoms with Crippen LogP contribution in [0.1, 0.15) is 62.5 Å². The van der Waals surface area contributed by atoms with Crippen LogP contribution >= 0.6 is 0 Å². The molecule has 0 atom stereocenters. The number of fused-ring (bicyclic) bond motifs is 1. The lowest BCUT2D eigenvalue weighted by atomic mass is 9.95. The summed E-state index contributed by atoms with van der Waals surface area (Å²) in [5.41, 5.74) is 4.29. The summed E-state index contributed by atoms with van der Waals surface area (Å²) in [4.78, 5) is 3.46. The highest BCUT2D eigenvalue weighted by Gasteiger charge is 2.20. The Morgan fingerprint density at radius 3 is 2.65 bits per heavy atom. The van der Waals surface area contributed by atoms with Crippen LogP contribution in [0.4, 0.5) is 0 Å². The van der Waals surface area contributed by atoms with Gasteiger partial charge < -0.3 is 4.98 Å². The molecule has 1 fully saturated rings. The first-order valence-electron chi connectivity index (χ1n) is 6.86. The van der Waals surface area contributed by atoms with Crippen LogP contribution in [0, 0.1) is 0 Å². The predicted octanol–water partition coefficient (Wildman–Crippen LogP) is 4.95. The molecular weight excluding hydrogens is 206 g/mol. The fraction of sp³-hybridized carbons (Fsp3) is 0.500. The number of hydrogen-bond acceptors (Lipinski definition) is 0. The van der Waals surface area contributed by atoms with Gasteiger partial charge in [0.25, 0.3) is 0 Å². The lowest BCUT2D eigenvalue weighted by molar-refractivity contribution is 0.729. The molecule has 0 radical (unpaired) electrons. The molecule has 2 aromatic rings. The van der Waals surface area contributed by atoms with Gasteiger partial charge in [-0.25, -0.2) is 0 Å². The second-order valence-corrected chi connectivity index (χ2v) is 5.69. The maximum Gasteiger partial charge on any atom is 0.0459 e. The van der Waals surface area contributed by atoms with E-state index in [1.54, 1.807) is 5.56 Å². The molecule has 1 aromatic carbocycles. The highest BCUT2D eigenvalue weighted by molar-refractivity contribution is 5.84. The second kappa shape index (κ2) is 4.21. The number of nitrogens with one attached hydrogen (secondary N) is 1. The maximum absolute atomic E-state index is 3.46. The summed E-state index contributed by atoms with van der Waals surface area (Å²) in [6.45, 7) is 4.50. The first-order chi connectivity index (χ1) is 8.25. The van der Waals surface area contributed by atoms with Crippen molar-refractivity contribution in [3.8, 4) is 0 Å². The van der Waals surface area contributed by atoms with Crippen LogP contribution in [0.25, 0.3) is 10.9 Å². The summed E-state index contributed by atoms with van der Waals surface area (Å²) in [5.74, 6) is 1.41. The summed E-state index contributed by atoms with van der Waals surface area (Å²) in [6, 6.07) is 6.92. The van der Waals surface area contributed by atoms with E-state index < -0.39 is 0 Å². The Morgan fingerprint density at radius 1 is 1.18 bits per heavy atom. The molecule has 0 aliphatic heterocycles. The van der Waals surface area contributed by atoms with Crippen molar-refractivity contribution in [1.82, 2.24) is 4.98 Å². The monoisotopic (exact) mass is 227 g/mol. The van der Waals surface area contributed by atoms with E-state index >= 15 is 0 Å². The molecule has 1 nitrogen and oxygen atoms in total. The molecule has 3 rings (SSSR count). The highest BCUT2D eigenvalue weighted by Crippen LogP contribution is 2.38. The molecule has 17 heavy (non-hydrogen) atoms. The first kappa shape index (κ1) is 10.9. The lowest BCUT2D eigenvalue weighted by Crippen LogP contribution is -1.90.